The van der Waals surface area contributed by atoms with Crippen LogP contribution < -0.4 is 0 Å². The Labute approximate surface area is 61.7 Å². The topological polar surface area (TPSA) is 0 Å². The molecular formula is C4H18Si4. The SMILES string of the molecule is C[SiH2][SiH](C)[SiH2]CC[SiH3]. The maximum Gasteiger partial charge on any atom is 0.00951 e. The lowest BCUT2D eigenvalue weighted by atomic mass is 11.0. The van der Waals surface area contributed by atoms with Gasteiger partial charge in [0.05, 0.1) is 0 Å². The van der Waals surface area contributed by atoms with Crippen LogP contribution in [0.4, 0.5) is 0 Å². The maximum absolute atomic E-state index is 2.61. The second-order valence-electron chi connectivity index (χ2n) is 2.66. The van der Waals surface area contributed by atoms with E-state index in [-0.39, 0.29) is 7.83 Å². The zero-order chi connectivity index (χ0) is 6.41. The third-order valence-corrected chi connectivity index (χ3v) is 24.6. The standard InChI is InChI=1S/C4H18Si4/c1-6-8(2)7-4-3-5/h8H,3-4,6-7H2,1-2,5H3. The lowest BCUT2D eigenvalue weighted by molar-refractivity contribution is 1.45. The Kier molecular flexibility index (Phi) is 6.64. The van der Waals surface area contributed by atoms with Crippen LogP contribution in [0.25, 0.3) is 0 Å². The molecule has 0 radical (unpaired) electrons. The molecule has 0 spiro atoms. The second-order valence-corrected chi connectivity index (χ2v) is 24.0. The Balaban J connectivity index is 2.86. The minimum absolute atomic E-state index is 0.101. The van der Waals surface area contributed by atoms with Crippen molar-refractivity contribution >= 4 is 36.1 Å². The highest BCUT2D eigenvalue weighted by Gasteiger charge is 1.98. The first-order valence-corrected chi connectivity index (χ1v) is 15.3. The summed E-state index contributed by atoms with van der Waals surface area (Å²) in [6.45, 7) is 5.12. The van der Waals surface area contributed by atoms with Crippen molar-refractivity contribution in [3.8, 4) is 0 Å². The minimum Gasteiger partial charge on any atom is -0.0771 e. The summed E-state index contributed by atoms with van der Waals surface area (Å²) < 4.78 is 0. The highest BCUT2D eigenvalue weighted by molar-refractivity contribution is 7.39. The van der Waals surface area contributed by atoms with Crippen molar-refractivity contribution in [3.05, 3.63) is 0 Å². The molecule has 0 aromatic heterocycles. The van der Waals surface area contributed by atoms with Gasteiger partial charge in [0.1, 0.15) is 0 Å². The molecule has 50 valence electrons. The van der Waals surface area contributed by atoms with Gasteiger partial charge in [0.15, 0.2) is 0 Å². The van der Waals surface area contributed by atoms with Crippen LogP contribution in [-0.2, 0) is 0 Å². The quantitative estimate of drug-likeness (QED) is 0.456. The van der Waals surface area contributed by atoms with Gasteiger partial charge in [-0.15, -0.1) is 0 Å². The van der Waals surface area contributed by atoms with Gasteiger partial charge in [-0.1, -0.05) is 25.2 Å². The molecule has 0 aromatic carbocycles. The van der Waals surface area contributed by atoms with Crippen molar-refractivity contribution in [1.29, 1.82) is 0 Å². The number of hydrogen-bond donors (Lipinski definition) is 0. The summed E-state index contributed by atoms with van der Waals surface area (Å²) in [7, 11) is 2.68. The van der Waals surface area contributed by atoms with E-state index >= 15 is 0 Å². The van der Waals surface area contributed by atoms with Crippen LogP contribution in [0.1, 0.15) is 0 Å². The van der Waals surface area contributed by atoms with Crippen LogP contribution in [0.3, 0.4) is 0 Å². The molecule has 0 bridgehead atoms. The lowest BCUT2D eigenvalue weighted by Crippen LogP contribution is -2.23. The maximum atomic E-state index is 2.61. The summed E-state index contributed by atoms with van der Waals surface area (Å²) in [6.07, 6.45) is 0. The van der Waals surface area contributed by atoms with Crippen molar-refractivity contribution < 1.29 is 0 Å². The predicted octanol–water partition coefficient (Wildman–Crippen LogP) is -1.58. The first-order chi connectivity index (χ1) is 3.81. The molecule has 0 rings (SSSR count). The van der Waals surface area contributed by atoms with Crippen molar-refractivity contribution in [1.82, 2.24) is 0 Å². The van der Waals surface area contributed by atoms with Crippen molar-refractivity contribution in [3.63, 3.8) is 0 Å². The molecule has 0 fully saturated rings. The van der Waals surface area contributed by atoms with Gasteiger partial charge < -0.3 is 0 Å². The first-order valence-electron chi connectivity index (χ1n) is 3.81. The molecule has 8 heavy (non-hydrogen) atoms. The summed E-state index contributed by atoms with van der Waals surface area (Å²) in [4.78, 5) is 0. The monoisotopic (exact) mass is 178 g/mol. The van der Waals surface area contributed by atoms with E-state index in [9.17, 15) is 0 Å². The van der Waals surface area contributed by atoms with Gasteiger partial charge in [-0.25, -0.2) is 0 Å². The Hall–Kier alpha value is 0.868. The van der Waals surface area contributed by atoms with E-state index in [1.165, 1.54) is 10.2 Å². The van der Waals surface area contributed by atoms with E-state index in [4.69, 9.17) is 0 Å². The van der Waals surface area contributed by atoms with E-state index in [0.717, 1.165) is 0 Å². The van der Waals surface area contributed by atoms with Gasteiger partial charge in [-0.2, -0.15) is 0 Å². The molecule has 0 aliphatic carbocycles. The molecular weight excluding hydrogens is 160 g/mol. The lowest BCUT2D eigenvalue weighted by Gasteiger charge is -2.00. The smallest absolute Gasteiger partial charge is 0.00951 e. The van der Waals surface area contributed by atoms with Crippen LogP contribution in [0.5, 0.6) is 0 Å². The summed E-state index contributed by atoms with van der Waals surface area (Å²) in [6, 6.07) is 3.32. The zero-order valence-electron chi connectivity index (χ0n) is 6.41. The molecule has 0 heterocycles. The van der Waals surface area contributed by atoms with E-state index in [1.807, 2.05) is 0 Å². The minimum atomic E-state index is 0.101. The summed E-state index contributed by atoms with van der Waals surface area (Å²) in [5.74, 6) is 0. The van der Waals surface area contributed by atoms with Gasteiger partial charge in [0, 0.05) is 36.1 Å². The number of rotatable bonds is 4. The Morgan fingerprint density at radius 3 is 2.62 bits per heavy atom. The van der Waals surface area contributed by atoms with E-state index in [1.54, 1.807) is 12.1 Å². The largest absolute Gasteiger partial charge is 0.0771 e. The van der Waals surface area contributed by atoms with Crippen LogP contribution >= 0.6 is 0 Å². The van der Waals surface area contributed by atoms with E-state index in [0.29, 0.717) is 18.1 Å². The summed E-state index contributed by atoms with van der Waals surface area (Å²) in [5, 5.41) is 0. The molecule has 0 aliphatic heterocycles. The average Bonchev–Trinajstić information content (AvgIpc) is 1.83. The third kappa shape index (κ3) is 5.01. The van der Waals surface area contributed by atoms with Gasteiger partial charge in [-0.05, 0) is 0 Å². The Bertz CT molecular complexity index is 47.3. The molecule has 0 amide bonds. The molecule has 0 saturated carbocycles. The van der Waals surface area contributed by atoms with Gasteiger partial charge >= 0.3 is 0 Å². The summed E-state index contributed by atoms with van der Waals surface area (Å²) >= 11 is 0. The van der Waals surface area contributed by atoms with Gasteiger partial charge in [0.2, 0.25) is 0 Å². The molecule has 4 heteroatoms. The van der Waals surface area contributed by atoms with Crippen molar-refractivity contribution in [2.45, 2.75) is 25.2 Å². The molecule has 0 aliphatic rings. The van der Waals surface area contributed by atoms with Crippen molar-refractivity contribution in [2.75, 3.05) is 0 Å². The van der Waals surface area contributed by atoms with Crippen LogP contribution in [0, 0.1) is 0 Å². The molecule has 0 saturated heterocycles. The van der Waals surface area contributed by atoms with Gasteiger partial charge in [-0.3, -0.25) is 0 Å². The normalized spacial score (nSPS) is 17.2. The van der Waals surface area contributed by atoms with Crippen LogP contribution in [-0.4, -0.2) is 36.1 Å². The molecule has 0 N–H and O–H groups in total. The molecule has 1 unspecified atom stereocenters. The fraction of sp³-hybridized carbons (Fsp3) is 1.00. The second kappa shape index (κ2) is 5.99. The van der Waals surface area contributed by atoms with Crippen LogP contribution in [0.2, 0.25) is 25.2 Å². The Morgan fingerprint density at radius 1 is 1.62 bits per heavy atom. The van der Waals surface area contributed by atoms with Crippen LogP contribution in [0.15, 0.2) is 0 Å². The molecule has 0 nitrogen and oxygen atoms in total. The number of hydrogen-bond acceptors (Lipinski definition) is 0. The van der Waals surface area contributed by atoms with Gasteiger partial charge in [0.25, 0.3) is 0 Å². The van der Waals surface area contributed by atoms with Crippen molar-refractivity contribution in [2.24, 2.45) is 0 Å². The molecule has 1 atom stereocenters. The fourth-order valence-electron chi connectivity index (χ4n) is 0.757. The van der Waals surface area contributed by atoms with E-state index in [2.05, 4.69) is 13.1 Å². The Morgan fingerprint density at radius 2 is 2.25 bits per heavy atom. The zero-order valence-corrected chi connectivity index (χ0v) is 12.4. The first kappa shape index (κ1) is 8.87. The fourth-order valence-corrected chi connectivity index (χ4v) is 16.8. The third-order valence-electron chi connectivity index (χ3n) is 1.75. The highest BCUT2D eigenvalue weighted by atomic mass is 29.6. The average molecular weight is 179 g/mol. The van der Waals surface area contributed by atoms with E-state index < -0.39 is 0 Å². The summed E-state index contributed by atoms with van der Waals surface area (Å²) in [5.41, 5.74) is 0. The molecule has 0 aromatic rings. The highest BCUT2D eigenvalue weighted by Crippen LogP contribution is 1.86. The predicted molar refractivity (Wildman–Crippen MR) is 55.5 cm³/mol.